The van der Waals surface area contributed by atoms with Gasteiger partial charge < -0.3 is 4.84 Å². The van der Waals surface area contributed by atoms with Gasteiger partial charge in [-0.1, -0.05) is 17.2 Å². The van der Waals surface area contributed by atoms with Gasteiger partial charge in [0, 0.05) is 7.05 Å². The van der Waals surface area contributed by atoms with Gasteiger partial charge in [0.25, 0.3) is 23.6 Å². The summed E-state index contributed by atoms with van der Waals surface area (Å²) in [7, 11) is 1.28. The molecule has 0 N–H and O–H groups in total. The molecule has 0 fully saturated rings. The van der Waals surface area contributed by atoms with Crippen molar-refractivity contribution >= 4 is 23.6 Å². The maximum atomic E-state index is 12.0. The van der Waals surface area contributed by atoms with E-state index in [0.717, 1.165) is 11.0 Å². The van der Waals surface area contributed by atoms with Crippen molar-refractivity contribution in [2.24, 2.45) is 0 Å². The van der Waals surface area contributed by atoms with E-state index in [1.54, 1.807) is 12.1 Å². The van der Waals surface area contributed by atoms with Crippen LogP contribution in [0.2, 0.25) is 0 Å². The van der Waals surface area contributed by atoms with Gasteiger partial charge in [-0.05, 0) is 12.1 Å². The molecule has 0 bridgehead atoms. The average molecular weight is 272 g/mol. The Bertz CT molecular complexity index is 671. The Morgan fingerprint density at radius 1 is 0.900 bits per heavy atom. The molecular weight excluding hydrogens is 264 g/mol. The minimum absolute atomic E-state index is 0.197. The third-order valence-corrected chi connectivity index (χ3v) is 3.05. The largest absolute Gasteiger partial charge is 0.362 e. The number of nitrogens with zero attached hydrogens (tertiary/aromatic N) is 2. The topological polar surface area (TPSA) is 84.0 Å². The van der Waals surface area contributed by atoms with Crippen LogP contribution in [0.4, 0.5) is 0 Å². The Morgan fingerprint density at radius 3 is 1.90 bits per heavy atom. The zero-order chi connectivity index (χ0) is 14.4. The van der Waals surface area contributed by atoms with Gasteiger partial charge in [0.2, 0.25) is 5.76 Å². The summed E-state index contributed by atoms with van der Waals surface area (Å²) in [5.74, 6) is -2.96. The van der Waals surface area contributed by atoms with E-state index in [-0.39, 0.29) is 16.9 Å². The summed E-state index contributed by atoms with van der Waals surface area (Å²) >= 11 is 0. The molecular formula is C13H8N2O5. The van der Waals surface area contributed by atoms with Crippen molar-refractivity contribution in [3.63, 3.8) is 0 Å². The number of hydroxylamine groups is 2. The van der Waals surface area contributed by atoms with Crippen LogP contribution >= 0.6 is 0 Å². The van der Waals surface area contributed by atoms with Crippen molar-refractivity contribution < 1.29 is 24.0 Å². The van der Waals surface area contributed by atoms with E-state index in [4.69, 9.17) is 4.84 Å². The lowest BCUT2D eigenvalue weighted by atomic mass is 10.1. The normalized spacial score (nSPS) is 17.8. The number of carbonyl (C=O) groups excluding carboxylic acids is 4. The molecule has 2 aliphatic heterocycles. The summed E-state index contributed by atoms with van der Waals surface area (Å²) in [4.78, 5) is 52.8. The van der Waals surface area contributed by atoms with Gasteiger partial charge in [-0.15, -0.1) is 0 Å². The van der Waals surface area contributed by atoms with Crippen molar-refractivity contribution in [2.75, 3.05) is 7.05 Å². The SMILES string of the molecule is CN1C(=O)C=C(ON2C(=O)c3ccccc3C2=O)C1=O. The zero-order valence-corrected chi connectivity index (χ0v) is 10.3. The number of likely N-dealkylation sites (N-methyl/N-ethyl adjacent to an activating group) is 1. The molecule has 0 saturated carbocycles. The standard InChI is InChI=1S/C13H8N2O5/c1-14-10(16)6-9(13(14)19)20-15-11(17)7-4-2-3-5-8(7)12(15)18/h2-6H,1H3. The van der Waals surface area contributed by atoms with Crippen LogP contribution in [-0.2, 0) is 14.4 Å². The average Bonchev–Trinajstić information content (AvgIpc) is 2.83. The highest BCUT2D eigenvalue weighted by Gasteiger charge is 2.40. The predicted octanol–water partition coefficient (Wildman–Crippen LogP) is 0.0967. The maximum absolute atomic E-state index is 12.0. The number of hydrogen-bond donors (Lipinski definition) is 0. The van der Waals surface area contributed by atoms with E-state index in [1.807, 2.05) is 0 Å². The van der Waals surface area contributed by atoms with E-state index in [9.17, 15) is 19.2 Å². The first-order chi connectivity index (χ1) is 9.50. The fraction of sp³-hybridized carbons (Fsp3) is 0.0769. The first-order valence-corrected chi connectivity index (χ1v) is 5.70. The molecule has 0 saturated heterocycles. The maximum Gasteiger partial charge on any atom is 0.299 e. The molecule has 4 amide bonds. The first-order valence-electron chi connectivity index (χ1n) is 5.70. The molecule has 1 aromatic carbocycles. The predicted molar refractivity (Wildman–Crippen MR) is 63.9 cm³/mol. The molecule has 0 atom stereocenters. The van der Waals surface area contributed by atoms with Crippen LogP contribution in [0.5, 0.6) is 0 Å². The minimum Gasteiger partial charge on any atom is -0.362 e. The number of hydrogen-bond acceptors (Lipinski definition) is 5. The fourth-order valence-corrected chi connectivity index (χ4v) is 1.95. The van der Waals surface area contributed by atoms with Gasteiger partial charge >= 0.3 is 0 Å². The van der Waals surface area contributed by atoms with Crippen LogP contribution in [0.25, 0.3) is 0 Å². The van der Waals surface area contributed by atoms with E-state index in [0.29, 0.717) is 5.06 Å². The minimum atomic E-state index is -0.702. The Morgan fingerprint density at radius 2 is 1.45 bits per heavy atom. The third kappa shape index (κ3) is 1.53. The number of carbonyl (C=O) groups is 4. The summed E-state index contributed by atoms with van der Waals surface area (Å²) in [6, 6.07) is 6.21. The van der Waals surface area contributed by atoms with Crippen molar-refractivity contribution in [3.8, 4) is 0 Å². The first kappa shape index (κ1) is 12.1. The summed E-state index contributed by atoms with van der Waals surface area (Å²) in [6.45, 7) is 0. The molecule has 1 aromatic rings. The number of amides is 4. The molecule has 0 spiro atoms. The van der Waals surface area contributed by atoms with E-state index in [1.165, 1.54) is 19.2 Å². The number of benzene rings is 1. The van der Waals surface area contributed by atoms with Crippen LogP contribution in [0.15, 0.2) is 36.1 Å². The van der Waals surface area contributed by atoms with Crippen molar-refractivity contribution in [1.29, 1.82) is 0 Å². The molecule has 100 valence electrons. The monoisotopic (exact) mass is 272 g/mol. The number of rotatable bonds is 2. The van der Waals surface area contributed by atoms with Gasteiger partial charge in [-0.3, -0.25) is 24.1 Å². The van der Waals surface area contributed by atoms with Crippen molar-refractivity contribution in [2.45, 2.75) is 0 Å². The highest BCUT2D eigenvalue weighted by molar-refractivity contribution is 6.21. The highest BCUT2D eigenvalue weighted by atomic mass is 16.7. The number of imide groups is 2. The third-order valence-electron chi connectivity index (χ3n) is 3.05. The van der Waals surface area contributed by atoms with Crippen LogP contribution in [0.1, 0.15) is 20.7 Å². The van der Waals surface area contributed by atoms with Gasteiger partial charge in [-0.2, -0.15) is 0 Å². The van der Waals surface area contributed by atoms with Crippen LogP contribution in [-0.4, -0.2) is 40.6 Å². The molecule has 0 aliphatic carbocycles. The van der Waals surface area contributed by atoms with Gasteiger partial charge in [0.15, 0.2) is 0 Å². The molecule has 2 heterocycles. The van der Waals surface area contributed by atoms with Gasteiger partial charge in [-0.25, -0.2) is 0 Å². The van der Waals surface area contributed by atoms with E-state index < -0.39 is 23.6 Å². The van der Waals surface area contributed by atoms with Crippen LogP contribution in [0.3, 0.4) is 0 Å². The highest BCUT2D eigenvalue weighted by Crippen LogP contribution is 2.25. The zero-order valence-electron chi connectivity index (χ0n) is 10.3. The molecule has 7 nitrogen and oxygen atoms in total. The van der Waals surface area contributed by atoms with Crippen molar-refractivity contribution in [1.82, 2.24) is 9.96 Å². The van der Waals surface area contributed by atoms with Crippen LogP contribution < -0.4 is 0 Å². The second kappa shape index (κ2) is 4.02. The lowest BCUT2D eigenvalue weighted by molar-refractivity contribution is -0.139. The molecule has 7 heteroatoms. The smallest absolute Gasteiger partial charge is 0.299 e. The molecule has 3 rings (SSSR count). The Hall–Kier alpha value is -2.96. The Labute approximate surface area is 113 Å². The Kier molecular flexibility index (Phi) is 2.43. The molecule has 20 heavy (non-hydrogen) atoms. The molecule has 0 unspecified atom stereocenters. The second-order valence-electron chi connectivity index (χ2n) is 4.25. The van der Waals surface area contributed by atoms with Gasteiger partial charge in [0.1, 0.15) is 0 Å². The summed E-state index contributed by atoms with van der Waals surface area (Å²) in [5, 5.41) is 0.487. The molecule has 0 radical (unpaired) electrons. The van der Waals surface area contributed by atoms with E-state index in [2.05, 4.69) is 0 Å². The molecule has 0 aromatic heterocycles. The summed E-state index contributed by atoms with van der Waals surface area (Å²) in [5.41, 5.74) is 0.395. The summed E-state index contributed by atoms with van der Waals surface area (Å²) < 4.78 is 0. The summed E-state index contributed by atoms with van der Waals surface area (Å²) in [6.07, 6.45) is 0.936. The lowest BCUT2D eigenvalue weighted by Gasteiger charge is -2.14. The lowest BCUT2D eigenvalue weighted by Crippen LogP contribution is -2.33. The Balaban J connectivity index is 1.90. The van der Waals surface area contributed by atoms with Crippen molar-refractivity contribution in [3.05, 3.63) is 47.2 Å². The fourth-order valence-electron chi connectivity index (χ4n) is 1.95. The molecule has 2 aliphatic rings. The quantitative estimate of drug-likeness (QED) is 0.713. The van der Waals surface area contributed by atoms with Gasteiger partial charge in [0.05, 0.1) is 17.2 Å². The number of fused-ring (bicyclic) bond motifs is 1. The van der Waals surface area contributed by atoms with E-state index >= 15 is 0 Å². The second-order valence-corrected chi connectivity index (χ2v) is 4.25. The van der Waals surface area contributed by atoms with Crippen LogP contribution in [0, 0.1) is 0 Å².